The van der Waals surface area contributed by atoms with Crippen LogP contribution >= 0.6 is 80.9 Å². The van der Waals surface area contributed by atoms with E-state index in [0.29, 0.717) is 22.3 Å². The summed E-state index contributed by atoms with van der Waals surface area (Å²) in [7, 11) is -25.1. The molecule has 10 aliphatic rings. The fourth-order valence-corrected chi connectivity index (χ4v) is 31.5. The van der Waals surface area contributed by atoms with Crippen molar-refractivity contribution in [3.05, 3.63) is 196 Å². The maximum absolute atomic E-state index is 13.7. The summed E-state index contributed by atoms with van der Waals surface area (Å²) in [6.45, 7) is 0. The molecule has 0 amide bonds. The van der Waals surface area contributed by atoms with E-state index in [0.717, 1.165) is 48.5 Å². The van der Waals surface area contributed by atoms with Gasteiger partial charge in [0.15, 0.2) is 0 Å². The van der Waals surface area contributed by atoms with E-state index in [2.05, 4.69) is 0 Å². The number of rotatable bonds is 8. The van der Waals surface area contributed by atoms with Gasteiger partial charge in [-0.05, 0) is 0 Å². The molecule has 0 aliphatic carbocycles. The number of hydrogen-bond donors (Lipinski definition) is 0. The van der Waals surface area contributed by atoms with Gasteiger partial charge in [-0.1, -0.05) is 0 Å². The zero-order valence-corrected chi connectivity index (χ0v) is 47.7. The summed E-state index contributed by atoms with van der Waals surface area (Å²) in [4.78, 5) is 0. The number of benzene rings is 6. The normalized spacial score (nSPS) is 16.6. The van der Waals surface area contributed by atoms with Crippen molar-refractivity contribution in [2.75, 3.05) is 0 Å². The molecule has 0 fully saturated rings. The molecule has 0 spiro atoms. The van der Waals surface area contributed by atoms with Gasteiger partial charge in [-0.15, -0.1) is 0 Å². The average molecular weight is 1590 g/mol. The summed E-state index contributed by atoms with van der Waals surface area (Å²) in [5, 5.41) is 0. The molecule has 0 radical (unpaired) electrons. The number of halogens is 16. The SMILES string of the molecule is O=S(=O)(OI1c2ccc(cc2)Cc2ccc(cc2)I(OS(=O)(=O)C(F)(F)F)c2ccc(cc2)I(OS(=O)(=O)C(F)(F)F)c2ccc(cc2)Cc2ccc(cc2)I(OS(=O)(=O)C(F)(F)F)c2ccc1cc2)C(F)(F)F. The molecule has 0 N–H and O–H groups in total. The molecular formula is C42H28F12I4O12S4. The van der Waals surface area contributed by atoms with Gasteiger partial charge in [0.1, 0.15) is 0 Å². The molecule has 6 aromatic rings. The molecule has 10 aliphatic heterocycles. The van der Waals surface area contributed by atoms with Crippen molar-refractivity contribution in [3.63, 3.8) is 0 Å². The van der Waals surface area contributed by atoms with E-state index < -0.39 is 143 Å². The first-order valence-corrected chi connectivity index (χ1v) is 37.3. The van der Waals surface area contributed by atoms with Crippen molar-refractivity contribution in [1.82, 2.24) is 0 Å². The van der Waals surface area contributed by atoms with Crippen molar-refractivity contribution in [1.29, 1.82) is 0 Å². The number of hydrogen-bond acceptors (Lipinski definition) is 12. The van der Waals surface area contributed by atoms with Gasteiger partial charge in [0.25, 0.3) is 0 Å². The Hall–Kier alpha value is -2.96. The zero-order chi connectivity index (χ0) is 54.5. The van der Waals surface area contributed by atoms with Crippen LogP contribution in [0.1, 0.15) is 22.3 Å². The predicted molar refractivity (Wildman–Crippen MR) is 274 cm³/mol. The summed E-state index contributed by atoms with van der Waals surface area (Å²) in [6, 6.07) is 29.6. The van der Waals surface area contributed by atoms with Crippen LogP contribution in [-0.4, -0.2) is 55.7 Å². The predicted octanol–water partition coefficient (Wildman–Crippen LogP) is 12.5. The maximum atomic E-state index is 13.7. The van der Waals surface area contributed by atoms with Crippen LogP contribution in [0.2, 0.25) is 0 Å². The first-order valence-electron chi connectivity index (χ1n) is 19.6. The summed E-state index contributed by atoms with van der Waals surface area (Å²) in [5.74, 6) is 0. The van der Waals surface area contributed by atoms with Crippen LogP contribution in [-0.2, 0) is 63.4 Å². The minimum atomic E-state index is -6.27. The van der Waals surface area contributed by atoms with Gasteiger partial charge in [-0.25, -0.2) is 0 Å². The van der Waals surface area contributed by atoms with Crippen LogP contribution in [0, 0.1) is 28.6 Å². The van der Waals surface area contributed by atoms with Crippen LogP contribution in [0.5, 0.6) is 0 Å². The molecule has 0 atom stereocenters. The van der Waals surface area contributed by atoms with Crippen molar-refractivity contribution in [3.8, 4) is 0 Å². The Balaban J connectivity index is 1.36. The third-order valence-electron chi connectivity index (χ3n) is 9.38. The van der Waals surface area contributed by atoms with E-state index in [1.165, 1.54) is 97.1 Å². The van der Waals surface area contributed by atoms with Crippen LogP contribution < -0.4 is 0 Å². The molecule has 0 aromatic heterocycles. The minimum absolute atomic E-state index is 0.00135. The third-order valence-corrected chi connectivity index (χ3v) is 37.6. The quantitative estimate of drug-likeness (QED) is 0.0803. The molecule has 0 saturated carbocycles. The monoisotopic (exact) mass is 1590 g/mol. The van der Waals surface area contributed by atoms with Gasteiger partial charge in [0.2, 0.25) is 0 Å². The Morgan fingerprint density at radius 3 is 0.500 bits per heavy atom. The molecule has 16 rings (SSSR count). The van der Waals surface area contributed by atoms with Gasteiger partial charge >= 0.3 is 449 Å². The Bertz CT molecular complexity index is 2980. The van der Waals surface area contributed by atoms with E-state index in [1.807, 2.05) is 0 Å². The van der Waals surface area contributed by atoms with E-state index in [1.54, 1.807) is 0 Å². The first-order chi connectivity index (χ1) is 34.1. The van der Waals surface area contributed by atoms with Gasteiger partial charge in [-0.2, -0.15) is 0 Å². The Morgan fingerprint density at radius 1 is 0.257 bits per heavy atom. The molecule has 74 heavy (non-hydrogen) atoms. The second kappa shape index (κ2) is 22.1. The fraction of sp³-hybridized carbons (Fsp3) is 0.143. The second-order valence-electron chi connectivity index (χ2n) is 14.6. The molecule has 404 valence electrons. The van der Waals surface area contributed by atoms with E-state index in [4.69, 9.17) is 10.1 Å². The number of alkyl halides is 12. The van der Waals surface area contributed by atoms with Crippen molar-refractivity contribution < 1.29 is 96.4 Å². The summed E-state index contributed by atoms with van der Waals surface area (Å²) >= 11 is -16.8. The molecule has 12 bridgehead atoms. The summed E-state index contributed by atoms with van der Waals surface area (Å²) in [5.41, 5.74) is -21.9. The molecule has 32 heteroatoms. The average Bonchev–Trinajstić information content (AvgIpc) is 3.31. The molecule has 12 nitrogen and oxygen atoms in total. The van der Waals surface area contributed by atoms with Gasteiger partial charge in [0.05, 0.1) is 0 Å². The zero-order valence-electron chi connectivity index (χ0n) is 35.9. The Kier molecular flexibility index (Phi) is 17.5. The molecule has 0 saturated heterocycles. The van der Waals surface area contributed by atoms with Crippen LogP contribution in [0.4, 0.5) is 52.7 Å². The Morgan fingerprint density at radius 2 is 0.378 bits per heavy atom. The van der Waals surface area contributed by atoms with Crippen molar-refractivity contribution in [2.45, 2.75) is 34.9 Å². The van der Waals surface area contributed by atoms with Gasteiger partial charge < -0.3 is 0 Å². The Labute approximate surface area is 444 Å². The van der Waals surface area contributed by atoms with Crippen LogP contribution in [0.15, 0.2) is 146 Å². The fourth-order valence-electron chi connectivity index (χ4n) is 5.92. The molecule has 0 unspecified atom stereocenters. The third kappa shape index (κ3) is 13.6. The van der Waals surface area contributed by atoms with Crippen molar-refractivity contribution >= 4 is 121 Å². The van der Waals surface area contributed by atoms with Gasteiger partial charge in [-0.3, -0.25) is 0 Å². The van der Waals surface area contributed by atoms with Crippen molar-refractivity contribution in [2.24, 2.45) is 0 Å². The topological polar surface area (TPSA) is 173 Å². The second-order valence-corrected chi connectivity index (χ2v) is 40.5. The van der Waals surface area contributed by atoms with E-state index in [-0.39, 0.29) is 41.4 Å². The van der Waals surface area contributed by atoms with Crippen LogP contribution in [0.25, 0.3) is 0 Å². The molecule has 6 aromatic carbocycles. The molecular weight excluding hydrogens is 1560 g/mol. The molecule has 10 heterocycles. The summed E-state index contributed by atoms with van der Waals surface area (Å²) < 4.78 is 283. The summed E-state index contributed by atoms with van der Waals surface area (Å²) in [6.07, 6.45) is -0.00270. The van der Waals surface area contributed by atoms with E-state index >= 15 is 0 Å². The van der Waals surface area contributed by atoms with Gasteiger partial charge in [0, 0.05) is 0 Å². The van der Waals surface area contributed by atoms with E-state index in [9.17, 15) is 86.4 Å². The first kappa shape index (κ1) is 58.7. The standard InChI is InChI=1S/C42H28F12I4O12S4/c43-39(44,45)71(59,60)67-55-31-9-1-27(2-10-31)25-28-3-11-32(12-4-28)56(68-72(61,62)40(46,47)48)37-21-23-38(24-22-37)58(70-74(65,66)42(52,53)54)34-15-7-30(8-16-34)26-29-5-13-33(14-6-29)57(36-19-17-35(55)18-20-36)69-73(63,64)41(49,50)51/h1-24H,25-26H2. The van der Waals surface area contributed by atoms with Crippen LogP contribution in [0.3, 0.4) is 0 Å².